The van der Waals surface area contributed by atoms with Crippen LogP contribution in [-0.4, -0.2) is 37.8 Å². The molecule has 1 atom stereocenters. The highest BCUT2D eigenvalue weighted by molar-refractivity contribution is 7.07. The van der Waals surface area contributed by atoms with Gasteiger partial charge >= 0.3 is 11.9 Å². The molecular weight excluding hydrogens is 484 g/mol. The molecule has 0 aliphatic carbocycles. The molecule has 0 N–H and O–H groups in total. The fourth-order valence-electron chi connectivity index (χ4n) is 3.96. The van der Waals surface area contributed by atoms with Gasteiger partial charge < -0.3 is 18.9 Å². The van der Waals surface area contributed by atoms with E-state index in [1.165, 1.54) is 37.0 Å². The standard InChI is InChI=1S/C26H24N2O7S/c1-14-22(25(31)34-5)23(17-7-9-18(32-3)10-8-17)28-24(30)21(36-26(28)27-14)13-16-6-11-19(35-15(2)29)20(12-16)33-4/h6-13,23H,1-5H3/t23-/m0/s1. The predicted octanol–water partition coefficient (Wildman–Crippen LogP) is 2.35. The first kappa shape index (κ1) is 24.9. The third kappa shape index (κ3) is 4.67. The van der Waals surface area contributed by atoms with E-state index in [-0.39, 0.29) is 16.9 Å². The van der Waals surface area contributed by atoms with E-state index in [1.807, 2.05) is 0 Å². The molecule has 2 aromatic carbocycles. The molecular formula is C26H24N2O7S. The SMILES string of the molecule is COC(=O)C1=C(C)N=c2sc(=Cc3ccc(OC(C)=O)c(OC)c3)c(=O)n2[C@H]1c1ccc(OC)cc1. The minimum atomic E-state index is -0.720. The summed E-state index contributed by atoms with van der Waals surface area (Å²) in [7, 11) is 4.33. The van der Waals surface area contributed by atoms with Gasteiger partial charge in [0.1, 0.15) is 5.75 Å². The lowest BCUT2D eigenvalue weighted by Gasteiger charge is -2.24. The summed E-state index contributed by atoms with van der Waals surface area (Å²) in [6.07, 6.45) is 1.70. The topological polar surface area (TPSA) is 105 Å². The highest BCUT2D eigenvalue weighted by atomic mass is 32.1. The van der Waals surface area contributed by atoms with Crippen LogP contribution in [0.25, 0.3) is 6.08 Å². The van der Waals surface area contributed by atoms with Crippen molar-refractivity contribution in [1.82, 2.24) is 4.57 Å². The van der Waals surface area contributed by atoms with Crippen LogP contribution in [-0.2, 0) is 14.3 Å². The van der Waals surface area contributed by atoms with Crippen LogP contribution in [0.2, 0.25) is 0 Å². The molecule has 0 fully saturated rings. The van der Waals surface area contributed by atoms with Gasteiger partial charge in [-0.05, 0) is 48.4 Å². The number of thiazole rings is 1. The molecule has 0 saturated carbocycles. The Balaban J connectivity index is 1.89. The van der Waals surface area contributed by atoms with E-state index >= 15 is 0 Å². The Bertz CT molecular complexity index is 1550. The zero-order chi connectivity index (χ0) is 26.0. The van der Waals surface area contributed by atoms with Gasteiger partial charge in [-0.25, -0.2) is 9.79 Å². The van der Waals surface area contributed by atoms with Gasteiger partial charge in [0.05, 0.1) is 43.2 Å². The predicted molar refractivity (Wildman–Crippen MR) is 133 cm³/mol. The molecule has 3 aromatic rings. The van der Waals surface area contributed by atoms with Gasteiger partial charge in [0.25, 0.3) is 5.56 Å². The lowest BCUT2D eigenvalue weighted by Crippen LogP contribution is -2.39. The number of ether oxygens (including phenoxy) is 4. The number of fused-ring (bicyclic) bond motifs is 1. The third-order valence-corrected chi connectivity index (χ3v) is 6.58. The maximum Gasteiger partial charge on any atom is 0.338 e. The van der Waals surface area contributed by atoms with Crippen molar-refractivity contribution in [3.8, 4) is 17.2 Å². The Morgan fingerprint density at radius 2 is 1.75 bits per heavy atom. The van der Waals surface area contributed by atoms with E-state index < -0.39 is 18.0 Å². The molecule has 1 aliphatic rings. The lowest BCUT2D eigenvalue weighted by molar-refractivity contribution is -0.136. The molecule has 1 aliphatic heterocycles. The number of hydrogen-bond acceptors (Lipinski definition) is 9. The minimum absolute atomic E-state index is 0.279. The zero-order valence-electron chi connectivity index (χ0n) is 20.4. The first-order valence-corrected chi connectivity index (χ1v) is 11.7. The van der Waals surface area contributed by atoms with Crippen LogP contribution < -0.4 is 29.1 Å². The summed E-state index contributed by atoms with van der Waals surface area (Å²) in [6.45, 7) is 3.02. The van der Waals surface area contributed by atoms with E-state index in [0.717, 1.165) is 0 Å². The number of methoxy groups -OCH3 is 3. The van der Waals surface area contributed by atoms with Crippen molar-refractivity contribution in [2.24, 2.45) is 4.99 Å². The largest absolute Gasteiger partial charge is 0.497 e. The zero-order valence-corrected chi connectivity index (χ0v) is 21.2. The second kappa shape index (κ2) is 10.2. The van der Waals surface area contributed by atoms with Crippen LogP contribution in [0.15, 0.2) is 63.5 Å². The van der Waals surface area contributed by atoms with Crippen molar-refractivity contribution in [2.45, 2.75) is 19.9 Å². The fourth-order valence-corrected chi connectivity index (χ4v) is 5.01. The van der Waals surface area contributed by atoms with Crippen LogP contribution in [0.4, 0.5) is 0 Å². The molecule has 0 bridgehead atoms. The average molecular weight is 509 g/mol. The quantitative estimate of drug-likeness (QED) is 0.372. The Morgan fingerprint density at radius 3 is 2.36 bits per heavy atom. The normalized spacial score (nSPS) is 15.1. The van der Waals surface area contributed by atoms with Crippen LogP contribution >= 0.6 is 11.3 Å². The third-order valence-electron chi connectivity index (χ3n) is 5.60. The number of rotatable bonds is 6. The summed E-state index contributed by atoms with van der Waals surface area (Å²) in [5, 5.41) is 0. The Morgan fingerprint density at radius 1 is 1.03 bits per heavy atom. The van der Waals surface area contributed by atoms with Crippen molar-refractivity contribution < 1.29 is 28.5 Å². The Labute approximate surface area is 210 Å². The molecule has 2 heterocycles. The number of esters is 2. The van der Waals surface area contributed by atoms with E-state index in [0.29, 0.717) is 37.7 Å². The summed E-state index contributed by atoms with van der Waals surface area (Å²) in [5.74, 6) is 0.257. The smallest absolute Gasteiger partial charge is 0.338 e. The van der Waals surface area contributed by atoms with E-state index in [9.17, 15) is 14.4 Å². The van der Waals surface area contributed by atoms with Crippen molar-refractivity contribution in [3.63, 3.8) is 0 Å². The summed E-state index contributed by atoms with van der Waals surface area (Å²) < 4.78 is 22.7. The van der Waals surface area contributed by atoms with Crippen LogP contribution in [0.5, 0.6) is 17.2 Å². The average Bonchev–Trinajstić information content (AvgIpc) is 3.17. The second-order valence-corrected chi connectivity index (χ2v) is 8.86. The van der Waals surface area contributed by atoms with E-state index in [1.54, 1.807) is 62.6 Å². The number of nitrogens with zero attached hydrogens (tertiary/aromatic N) is 2. The first-order chi connectivity index (χ1) is 17.3. The lowest BCUT2D eigenvalue weighted by atomic mass is 9.96. The fraction of sp³-hybridized carbons (Fsp3) is 0.231. The van der Waals surface area contributed by atoms with Crippen molar-refractivity contribution in [1.29, 1.82) is 0 Å². The van der Waals surface area contributed by atoms with Crippen LogP contribution in [0.1, 0.15) is 31.0 Å². The van der Waals surface area contributed by atoms with Gasteiger partial charge in [-0.2, -0.15) is 0 Å². The van der Waals surface area contributed by atoms with Gasteiger partial charge in [-0.1, -0.05) is 29.5 Å². The maximum atomic E-state index is 13.6. The number of hydrogen-bond donors (Lipinski definition) is 0. The van der Waals surface area contributed by atoms with Crippen LogP contribution in [0.3, 0.4) is 0 Å². The molecule has 186 valence electrons. The van der Waals surface area contributed by atoms with Crippen molar-refractivity contribution in [3.05, 3.63) is 84.5 Å². The van der Waals surface area contributed by atoms with E-state index in [4.69, 9.17) is 18.9 Å². The van der Waals surface area contributed by atoms with Crippen molar-refractivity contribution >= 4 is 29.4 Å². The summed E-state index contributed by atoms with van der Waals surface area (Å²) >= 11 is 1.21. The summed E-state index contributed by atoms with van der Waals surface area (Å²) in [5.41, 5.74) is 1.83. The summed E-state index contributed by atoms with van der Waals surface area (Å²) in [6, 6.07) is 11.4. The minimum Gasteiger partial charge on any atom is -0.497 e. The molecule has 36 heavy (non-hydrogen) atoms. The Kier molecular flexibility index (Phi) is 7.07. The monoisotopic (exact) mass is 508 g/mol. The molecule has 0 unspecified atom stereocenters. The number of benzene rings is 2. The highest BCUT2D eigenvalue weighted by Crippen LogP contribution is 2.32. The number of allylic oxidation sites excluding steroid dienone is 1. The summed E-state index contributed by atoms with van der Waals surface area (Å²) in [4.78, 5) is 42.7. The van der Waals surface area contributed by atoms with Gasteiger partial charge in [-0.15, -0.1) is 0 Å². The highest BCUT2D eigenvalue weighted by Gasteiger charge is 2.33. The molecule has 4 rings (SSSR count). The van der Waals surface area contributed by atoms with Gasteiger partial charge in [0.2, 0.25) is 0 Å². The molecule has 0 saturated heterocycles. The second-order valence-electron chi connectivity index (χ2n) is 7.85. The molecule has 0 amide bonds. The molecule has 0 spiro atoms. The maximum absolute atomic E-state index is 13.6. The Hall–Kier alpha value is -4.18. The molecule has 1 aromatic heterocycles. The van der Waals surface area contributed by atoms with Gasteiger partial charge in [0.15, 0.2) is 16.3 Å². The van der Waals surface area contributed by atoms with Crippen LogP contribution in [0, 0.1) is 0 Å². The van der Waals surface area contributed by atoms with Crippen molar-refractivity contribution in [2.75, 3.05) is 21.3 Å². The first-order valence-electron chi connectivity index (χ1n) is 10.9. The molecule has 9 nitrogen and oxygen atoms in total. The molecule has 10 heteroatoms. The number of aromatic nitrogens is 1. The number of carbonyl (C=O) groups excluding carboxylic acids is 2. The van der Waals surface area contributed by atoms with Gasteiger partial charge in [-0.3, -0.25) is 14.2 Å². The van der Waals surface area contributed by atoms with E-state index in [2.05, 4.69) is 4.99 Å². The molecule has 0 radical (unpaired) electrons. The number of carbonyl (C=O) groups is 2. The van der Waals surface area contributed by atoms with Gasteiger partial charge in [0, 0.05) is 6.92 Å².